The van der Waals surface area contributed by atoms with Crippen LogP contribution in [-0.4, -0.2) is 37.3 Å². The van der Waals surface area contributed by atoms with Crippen molar-refractivity contribution < 1.29 is 40.8 Å². The van der Waals surface area contributed by atoms with Gasteiger partial charge in [-0.3, -0.25) is 19.2 Å². The molecule has 0 atom stereocenters. The maximum absolute atomic E-state index is 14.1. The fourth-order valence-corrected chi connectivity index (χ4v) is 6.49. The van der Waals surface area contributed by atoms with Crippen LogP contribution in [0, 0.1) is 18.3 Å². The number of sulfone groups is 1. The second kappa shape index (κ2) is 6.83. The third kappa shape index (κ3) is 3.40. The minimum absolute atomic E-state index is 0.117. The smallest absolute Gasteiger partial charge is 0.298 e. The van der Waals surface area contributed by atoms with E-state index in [-0.39, 0.29) is 24.8 Å². The average Bonchev–Trinajstić information content (AvgIpc) is 2.56. The molecule has 1 aromatic carbocycles. The molecule has 1 aliphatic heterocycles. The van der Waals surface area contributed by atoms with Gasteiger partial charge in [-0.1, -0.05) is 13.8 Å². The van der Waals surface area contributed by atoms with Gasteiger partial charge in [0.2, 0.25) is 0 Å². The number of ketones is 4. The van der Waals surface area contributed by atoms with Crippen molar-refractivity contribution in [2.24, 2.45) is 11.3 Å². The van der Waals surface area contributed by atoms with Crippen LogP contribution in [0.25, 0.3) is 0 Å². The van der Waals surface area contributed by atoms with Crippen molar-refractivity contribution in [1.82, 2.24) is 0 Å². The predicted octanol–water partition coefficient (Wildman–Crippen LogP) is 3.13. The largest absolute Gasteiger partial charge is 0.417 e. The van der Waals surface area contributed by atoms with Gasteiger partial charge in [0.25, 0.3) is 0 Å². The van der Waals surface area contributed by atoms with E-state index >= 15 is 0 Å². The van der Waals surface area contributed by atoms with Crippen molar-refractivity contribution in [2.45, 2.75) is 51.1 Å². The summed E-state index contributed by atoms with van der Waals surface area (Å²) in [6.45, 7) is 3.62. The Kier molecular flexibility index (Phi) is 5.08. The standard InChI is InChI=1S/C20H19F3O6S/c1-9-7-10(16(26)13-11(24)5-4-6-12(13)25)15(20(21,22)23)14-17(9)30(28,29)8-19(2,3)18(14)27/h7,13H,4-6,8H2,1-3H3. The molecule has 3 rings (SSSR count). The quantitative estimate of drug-likeness (QED) is 0.513. The maximum Gasteiger partial charge on any atom is 0.417 e. The number of rotatable bonds is 2. The summed E-state index contributed by atoms with van der Waals surface area (Å²) in [7, 11) is -4.25. The first-order chi connectivity index (χ1) is 13.6. The molecule has 0 bridgehead atoms. The van der Waals surface area contributed by atoms with Crippen LogP contribution >= 0.6 is 0 Å². The van der Waals surface area contributed by atoms with Crippen LogP contribution in [-0.2, 0) is 25.6 Å². The van der Waals surface area contributed by atoms with Crippen LogP contribution in [0.5, 0.6) is 0 Å². The molecule has 1 heterocycles. The lowest BCUT2D eigenvalue weighted by molar-refractivity contribution is -0.139. The zero-order valence-electron chi connectivity index (χ0n) is 16.5. The highest BCUT2D eigenvalue weighted by Gasteiger charge is 2.51. The van der Waals surface area contributed by atoms with E-state index in [1.165, 1.54) is 20.8 Å². The molecule has 0 spiro atoms. The second-order valence-electron chi connectivity index (χ2n) is 8.37. The van der Waals surface area contributed by atoms with E-state index < -0.39 is 77.8 Å². The minimum atomic E-state index is -5.26. The fraction of sp³-hybridized carbons (Fsp3) is 0.500. The molecule has 162 valence electrons. The normalized spacial score (nSPS) is 21.5. The molecule has 10 heteroatoms. The van der Waals surface area contributed by atoms with Crippen LogP contribution in [0.2, 0.25) is 0 Å². The van der Waals surface area contributed by atoms with Gasteiger partial charge in [-0.15, -0.1) is 0 Å². The summed E-state index contributed by atoms with van der Waals surface area (Å²) < 4.78 is 67.7. The van der Waals surface area contributed by atoms with Crippen LogP contribution in [0.15, 0.2) is 11.0 Å². The number of alkyl halides is 3. The lowest BCUT2D eigenvalue weighted by atomic mass is 9.77. The van der Waals surface area contributed by atoms with Crippen molar-refractivity contribution in [2.75, 3.05) is 5.75 Å². The van der Waals surface area contributed by atoms with Crippen LogP contribution < -0.4 is 0 Å². The summed E-state index contributed by atoms with van der Waals surface area (Å²) in [5.41, 5.74) is -5.65. The monoisotopic (exact) mass is 444 g/mol. The van der Waals surface area contributed by atoms with Gasteiger partial charge in [-0.2, -0.15) is 13.2 Å². The SMILES string of the molecule is Cc1cc(C(=O)C2C(=O)CCCC2=O)c(C(F)(F)F)c2c1S(=O)(=O)CC(C)(C)C2=O. The molecule has 0 N–H and O–H groups in total. The van der Waals surface area contributed by atoms with E-state index in [4.69, 9.17) is 0 Å². The summed E-state index contributed by atoms with van der Waals surface area (Å²) in [6, 6.07) is 0.725. The van der Waals surface area contributed by atoms with Gasteiger partial charge in [-0.05, 0) is 25.0 Å². The average molecular weight is 444 g/mol. The van der Waals surface area contributed by atoms with Crippen molar-refractivity contribution in [3.05, 3.63) is 28.3 Å². The summed E-state index contributed by atoms with van der Waals surface area (Å²) in [6.07, 6.45) is -5.29. The highest BCUT2D eigenvalue weighted by molar-refractivity contribution is 7.91. The van der Waals surface area contributed by atoms with E-state index in [0.29, 0.717) is 0 Å². The second-order valence-corrected chi connectivity index (χ2v) is 10.3. The Morgan fingerprint density at radius 1 is 1.10 bits per heavy atom. The zero-order chi connectivity index (χ0) is 22.8. The number of halogens is 3. The van der Waals surface area contributed by atoms with Gasteiger partial charge in [0, 0.05) is 23.8 Å². The summed E-state index contributed by atoms with van der Waals surface area (Å²) in [5, 5.41) is 0. The lowest BCUT2D eigenvalue weighted by Crippen LogP contribution is -2.42. The Morgan fingerprint density at radius 3 is 2.13 bits per heavy atom. The first-order valence-corrected chi connectivity index (χ1v) is 10.9. The minimum Gasteiger partial charge on any atom is -0.298 e. The van der Waals surface area contributed by atoms with Gasteiger partial charge in [0.15, 0.2) is 33.0 Å². The summed E-state index contributed by atoms with van der Waals surface area (Å²) in [5.74, 6) is -6.51. The lowest BCUT2D eigenvalue weighted by Gasteiger charge is -2.33. The number of benzene rings is 1. The van der Waals surface area contributed by atoms with E-state index in [9.17, 15) is 40.8 Å². The van der Waals surface area contributed by atoms with E-state index in [0.717, 1.165) is 6.07 Å². The maximum atomic E-state index is 14.1. The number of carbonyl (C=O) groups excluding carboxylic acids is 4. The Morgan fingerprint density at radius 2 is 1.63 bits per heavy atom. The van der Waals surface area contributed by atoms with Crippen LogP contribution in [0.1, 0.15) is 65.0 Å². The highest BCUT2D eigenvalue weighted by atomic mass is 32.2. The van der Waals surface area contributed by atoms with Crippen molar-refractivity contribution >= 4 is 33.0 Å². The molecular formula is C20H19F3O6S. The fourth-order valence-electron chi connectivity index (χ4n) is 4.21. The number of hydrogen-bond donors (Lipinski definition) is 0. The first kappa shape index (κ1) is 22.3. The molecule has 1 fully saturated rings. The van der Waals surface area contributed by atoms with Gasteiger partial charge < -0.3 is 0 Å². The Hall–Kier alpha value is -2.36. The first-order valence-electron chi connectivity index (χ1n) is 9.21. The third-order valence-corrected chi connectivity index (χ3v) is 7.72. The molecular weight excluding hydrogens is 425 g/mol. The highest BCUT2D eigenvalue weighted by Crippen LogP contribution is 2.46. The van der Waals surface area contributed by atoms with Crippen LogP contribution in [0.3, 0.4) is 0 Å². The van der Waals surface area contributed by atoms with Gasteiger partial charge in [0.1, 0.15) is 5.92 Å². The zero-order valence-corrected chi connectivity index (χ0v) is 17.3. The van der Waals surface area contributed by atoms with Crippen molar-refractivity contribution in [1.29, 1.82) is 0 Å². The van der Waals surface area contributed by atoms with Crippen molar-refractivity contribution in [3.8, 4) is 0 Å². The number of fused-ring (bicyclic) bond motifs is 1. The van der Waals surface area contributed by atoms with Crippen molar-refractivity contribution in [3.63, 3.8) is 0 Å². The molecule has 6 nitrogen and oxygen atoms in total. The number of hydrogen-bond acceptors (Lipinski definition) is 6. The van der Waals surface area contributed by atoms with Crippen LogP contribution in [0.4, 0.5) is 13.2 Å². The van der Waals surface area contributed by atoms with Gasteiger partial charge in [0.05, 0.1) is 21.8 Å². The Labute approximate surface area is 170 Å². The Balaban J connectivity index is 2.40. The molecule has 1 aliphatic carbocycles. The summed E-state index contributed by atoms with van der Waals surface area (Å²) in [4.78, 5) is 49.4. The van der Waals surface area contributed by atoms with E-state index in [2.05, 4.69) is 0 Å². The molecule has 0 amide bonds. The van der Waals surface area contributed by atoms with E-state index in [1.54, 1.807) is 0 Å². The van der Waals surface area contributed by atoms with Gasteiger partial charge in [-0.25, -0.2) is 8.42 Å². The summed E-state index contributed by atoms with van der Waals surface area (Å²) >= 11 is 0. The molecule has 30 heavy (non-hydrogen) atoms. The third-order valence-electron chi connectivity index (χ3n) is 5.47. The number of Topliss-reactive ketones (excluding diaryl/α,β-unsaturated/α-hetero) is 4. The van der Waals surface area contributed by atoms with E-state index in [1.807, 2.05) is 0 Å². The molecule has 0 saturated heterocycles. The number of carbonyl (C=O) groups is 4. The molecule has 1 aromatic rings. The molecule has 1 saturated carbocycles. The number of aryl methyl sites for hydroxylation is 1. The van der Waals surface area contributed by atoms with Gasteiger partial charge >= 0.3 is 6.18 Å². The molecule has 0 aromatic heterocycles. The predicted molar refractivity (Wildman–Crippen MR) is 98.0 cm³/mol. The molecule has 0 radical (unpaired) electrons. The molecule has 2 aliphatic rings. The Bertz CT molecular complexity index is 1100. The molecule has 0 unspecified atom stereocenters. The topological polar surface area (TPSA) is 102 Å².